The fraction of sp³-hybridized carbons (Fsp3) is 0.588. The van der Waals surface area contributed by atoms with Crippen molar-refractivity contribution in [1.29, 1.82) is 0 Å². The van der Waals surface area contributed by atoms with Crippen LogP contribution in [0.5, 0.6) is 0 Å². The number of hydrogen-bond donors (Lipinski definition) is 2. The van der Waals surface area contributed by atoms with Crippen LogP contribution in [0.4, 0.5) is 10.5 Å². The van der Waals surface area contributed by atoms with E-state index in [0.717, 1.165) is 11.3 Å². The van der Waals surface area contributed by atoms with Gasteiger partial charge in [0.05, 0.1) is 6.61 Å². The normalized spacial score (nSPS) is 11.3. The lowest BCUT2D eigenvalue weighted by Crippen LogP contribution is -2.42. The summed E-state index contributed by atoms with van der Waals surface area (Å²) >= 11 is 0. The van der Waals surface area contributed by atoms with Crippen molar-refractivity contribution in [2.24, 2.45) is 0 Å². The number of carbonyl (C=O) groups is 1. The number of ether oxygens (including phenoxy) is 2. The summed E-state index contributed by atoms with van der Waals surface area (Å²) in [5, 5.41) is 3.30. The number of nitrogens with zero attached hydrogens (tertiary/aromatic N) is 1. The zero-order valence-electron chi connectivity index (χ0n) is 14.6. The number of nitrogen functional groups attached to an aromatic ring is 1. The van der Waals surface area contributed by atoms with Gasteiger partial charge in [0.25, 0.3) is 0 Å². The fourth-order valence-corrected chi connectivity index (χ4v) is 1.95. The molecule has 6 heteroatoms. The predicted molar refractivity (Wildman–Crippen MR) is 92.2 cm³/mol. The SMILES string of the molecule is COCCN(CCNCc1ccccc1N)C(=O)OC(C)(C)C. The van der Waals surface area contributed by atoms with E-state index in [0.29, 0.717) is 32.8 Å². The predicted octanol–water partition coefficient (Wildman–Crippen LogP) is 2.24. The second kappa shape index (κ2) is 9.37. The van der Waals surface area contributed by atoms with Crippen LogP contribution in [0.15, 0.2) is 24.3 Å². The van der Waals surface area contributed by atoms with E-state index in [4.69, 9.17) is 15.2 Å². The zero-order valence-corrected chi connectivity index (χ0v) is 14.6. The Labute approximate surface area is 138 Å². The van der Waals surface area contributed by atoms with Gasteiger partial charge in [0.2, 0.25) is 0 Å². The maximum atomic E-state index is 12.2. The second-order valence-corrected chi connectivity index (χ2v) is 6.34. The van der Waals surface area contributed by atoms with E-state index in [9.17, 15) is 4.79 Å². The number of methoxy groups -OCH3 is 1. The molecule has 1 rings (SSSR count). The Kier molecular flexibility index (Phi) is 7.85. The number of carbonyl (C=O) groups excluding carboxylic acids is 1. The number of nitrogens with one attached hydrogen (secondary N) is 1. The molecule has 0 heterocycles. The third kappa shape index (κ3) is 7.85. The molecule has 0 radical (unpaired) electrons. The van der Waals surface area contributed by atoms with Gasteiger partial charge >= 0.3 is 6.09 Å². The summed E-state index contributed by atoms with van der Waals surface area (Å²) in [7, 11) is 1.61. The smallest absolute Gasteiger partial charge is 0.410 e. The molecule has 0 unspecified atom stereocenters. The van der Waals surface area contributed by atoms with Crippen LogP contribution < -0.4 is 11.1 Å². The Morgan fingerprint density at radius 1 is 1.26 bits per heavy atom. The number of amides is 1. The molecule has 0 aliphatic carbocycles. The first kappa shape index (κ1) is 19.3. The lowest BCUT2D eigenvalue weighted by Gasteiger charge is -2.27. The fourth-order valence-electron chi connectivity index (χ4n) is 1.95. The van der Waals surface area contributed by atoms with Gasteiger partial charge in [-0.2, -0.15) is 0 Å². The summed E-state index contributed by atoms with van der Waals surface area (Å²) in [6.07, 6.45) is -0.324. The van der Waals surface area contributed by atoms with Crippen LogP contribution in [0.25, 0.3) is 0 Å². The molecule has 6 nitrogen and oxygen atoms in total. The molecule has 0 aliphatic rings. The van der Waals surface area contributed by atoms with E-state index >= 15 is 0 Å². The maximum Gasteiger partial charge on any atom is 0.410 e. The molecule has 1 aromatic rings. The molecule has 0 saturated carbocycles. The van der Waals surface area contributed by atoms with E-state index in [-0.39, 0.29) is 6.09 Å². The van der Waals surface area contributed by atoms with Crippen molar-refractivity contribution in [1.82, 2.24) is 10.2 Å². The van der Waals surface area contributed by atoms with Crippen LogP contribution >= 0.6 is 0 Å². The second-order valence-electron chi connectivity index (χ2n) is 6.34. The van der Waals surface area contributed by atoms with Gasteiger partial charge in [-0.1, -0.05) is 18.2 Å². The highest BCUT2D eigenvalue weighted by molar-refractivity contribution is 5.68. The van der Waals surface area contributed by atoms with E-state index in [1.807, 2.05) is 45.0 Å². The summed E-state index contributed by atoms with van der Waals surface area (Å²) < 4.78 is 10.5. The highest BCUT2D eigenvalue weighted by Gasteiger charge is 2.21. The van der Waals surface area contributed by atoms with Crippen molar-refractivity contribution >= 4 is 11.8 Å². The van der Waals surface area contributed by atoms with E-state index < -0.39 is 5.60 Å². The Balaban J connectivity index is 2.44. The molecule has 3 N–H and O–H groups in total. The minimum atomic E-state index is -0.506. The van der Waals surface area contributed by atoms with Gasteiger partial charge in [-0.25, -0.2) is 4.79 Å². The monoisotopic (exact) mass is 323 g/mol. The highest BCUT2D eigenvalue weighted by atomic mass is 16.6. The average Bonchev–Trinajstić information content (AvgIpc) is 2.46. The van der Waals surface area contributed by atoms with Gasteiger partial charge in [0.1, 0.15) is 5.60 Å². The van der Waals surface area contributed by atoms with Crippen molar-refractivity contribution < 1.29 is 14.3 Å². The van der Waals surface area contributed by atoms with Crippen molar-refractivity contribution in [3.8, 4) is 0 Å². The summed E-state index contributed by atoms with van der Waals surface area (Å²) in [4.78, 5) is 13.8. The first-order chi connectivity index (χ1) is 10.8. The third-order valence-electron chi connectivity index (χ3n) is 3.15. The minimum Gasteiger partial charge on any atom is -0.444 e. The van der Waals surface area contributed by atoms with Crippen LogP contribution in [0.1, 0.15) is 26.3 Å². The molecule has 0 atom stereocenters. The maximum absolute atomic E-state index is 12.2. The Morgan fingerprint density at radius 3 is 2.57 bits per heavy atom. The van der Waals surface area contributed by atoms with Gasteiger partial charge in [0, 0.05) is 39.0 Å². The molecular weight excluding hydrogens is 294 g/mol. The van der Waals surface area contributed by atoms with Gasteiger partial charge in [0.15, 0.2) is 0 Å². The number of anilines is 1. The van der Waals surface area contributed by atoms with Crippen LogP contribution in [0.3, 0.4) is 0 Å². The molecule has 1 aromatic carbocycles. The van der Waals surface area contributed by atoms with Crippen LogP contribution in [0, 0.1) is 0 Å². The molecule has 23 heavy (non-hydrogen) atoms. The lowest BCUT2D eigenvalue weighted by atomic mass is 10.2. The average molecular weight is 323 g/mol. The molecule has 0 spiro atoms. The number of nitrogens with two attached hydrogens (primary N) is 1. The Hall–Kier alpha value is -1.79. The molecular formula is C17H29N3O3. The molecule has 0 aromatic heterocycles. The molecule has 130 valence electrons. The lowest BCUT2D eigenvalue weighted by molar-refractivity contribution is 0.0204. The number of benzene rings is 1. The molecule has 0 fully saturated rings. The summed E-state index contributed by atoms with van der Waals surface area (Å²) in [5.74, 6) is 0. The third-order valence-corrected chi connectivity index (χ3v) is 3.15. The van der Waals surface area contributed by atoms with Crippen molar-refractivity contribution in [2.45, 2.75) is 32.9 Å². The Morgan fingerprint density at radius 2 is 1.96 bits per heavy atom. The highest BCUT2D eigenvalue weighted by Crippen LogP contribution is 2.11. The van der Waals surface area contributed by atoms with E-state index in [2.05, 4.69) is 5.32 Å². The summed E-state index contributed by atoms with van der Waals surface area (Å²) in [6.45, 7) is 8.41. The van der Waals surface area contributed by atoms with Gasteiger partial charge in [-0.3, -0.25) is 0 Å². The summed E-state index contributed by atoms with van der Waals surface area (Å²) in [6, 6.07) is 7.73. The first-order valence-electron chi connectivity index (χ1n) is 7.84. The van der Waals surface area contributed by atoms with Crippen LogP contribution in [0.2, 0.25) is 0 Å². The number of rotatable bonds is 8. The van der Waals surface area contributed by atoms with Crippen molar-refractivity contribution in [2.75, 3.05) is 39.1 Å². The van der Waals surface area contributed by atoms with Gasteiger partial charge < -0.3 is 25.4 Å². The minimum absolute atomic E-state index is 0.324. The van der Waals surface area contributed by atoms with Gasteiger partial charge in [-0.15, -0.1) is 0 Å². The largest absolute Gasteiger partial charge is 0.444 e. The van der Waals surface area contributed by atoms with Crippen LogP contribution in [-0.4, -0.2) is 49.9 Å². The molecule has 1 amide bonds. The van der Waals surface area contributed by atoms with Crippen LogP contribution in [-0.2, 0) is 16.0 Å². The molecule has 0 aliphatic heterocycles. The first-order valence-corrected chi connectivity index (χ1v) is 7.84. The van der Waals surface area contributed by atoms with Crippen molar-refractivity contribution in [3.05, 3.63) is 29.8 Å². The molecule has 0 bridgehead atoms. The quantitative estimate of drug-likeness (QED) is 0.567. The summed E-state index contributed by atoms with van der Waals surface area (Å²) in [5.41, 5.74) is 7.22. The van der Waals surface area contributed by atoms with E-state index in [1.165, 1.54) is 0 Å². The van der Waals surface area contributed by atoms with E-state index in [1.54, 1.807) is 12.0 Å². The molecule has 0 saturated heterocycles. The Bertz CT molecular complexity index is 486. The topological polar surface area (TPSA) is 76.8 Å². The standard InChI is InChI=1S/C17H29N3O3/c1-17(2,3)23-16(21)20(11-12-22-4)10-9-19-13-14-7-5-6-8-15(14)18/h5-8,19H,9-13,18H2,1-4H3. The van der Waals surface area contributed by atoms with Gasteiger partial charge in [-0.05, 0) is 32.4 Å². The van der Waals surface area contributed by atoms with Crippen molar-refractivity contribution in [3.63, 3.8) is 0 Å². The zero-order chi connectivity index (χ0) is 17.3. The number of para-hydroxylation sites is 1. The number of hydrogen-bond acceptors (Lipinski definition) is 5.